The highest BCUT2D eigenvalue weighted by Crippen LogP contribution is 2.48. The van der Waals surface area contributed by atoms with Crippen LogP contribution in [0, 0.1) is 23.7 Å². The molecule has 1 saturated carbocycles. The normalized spacial score (nSPS) is 37.4. The number of rotatable bonds is 1. The first-order valence-electron chi connectivity index (χ1n) is 6.18. The number of fused-ring (bicyclic) bond motifs is 1. The summed E-state index contributed by atoms with van der Waals surface area (Å²) in [6.45, 7) is 0. The quantitative estimate of drug-likeness (QED) is 0.519. The summed E-state index contributed by atoms with van der Waals surface area (Å²) in [5.41, 5.74) is 0. The molecule has 2 fully saturated rings. The van der Waals surface area contributed by atoms with E-state index in [1.807, 2.05) is 0 Å². The van der Waals surface area contributed by atoms with Crippen LogP contribution in [0.3, 0.4) is 0 Å². The van der Waals surface area contributed by atoms with Gasteiger partial charge in [-0.2, -0.15) is 5.01 Å². The van der Waals surface area contributed by atoms with Crippen molar-refractivity contribution in [2.24, 2.45) is 23.7 Å². The summed E-state index contributed by atoms with van der Waals surface area (Å²) < 4.78 is 1.39. The Bertz CT molecular complexity index is 518. The van der Waals surface area contributed by atoms with E-state index in [0.717, 1.165) is 12.8 Å². The van der Waals surface area contributed by atoms with Gasteiger partial charge in [-0.1, -0.05) is 12.2 Å². The molecule has 2 amide bonds. The van der Waals surface area contributed by atoms with Crippen molar-refractivity contribution in [3.8, 4) is 0 Å². The van der Waals surface area contributed by atoms with Crippen LogP contribution in [0.5, 0.6) is 0 Å². The van der Waals surface area contributed by atoms with Crippen molar-refractivity contribution >= 4 is 11.8 Å². The highest BCUT2D eigenvalue weighted by Gasteiger charge is 2.57. The first kappa shape index (κ1) is 9.99. The number of aromatic nitrogens is 3. The van der Waals surface area contributed by atoms with E-state index >= 15 is 0 Å². The Morgan fingerprint density at radius 2 is 1.44 bits per heavy atom. The fraction of sp³-hybridized carbons (Fsp3) is 0.500. The third kappa shape index (κ3) is 1.07. The zero-order chi connectivity index (χ0) is 12.3. The molecule has 1 aliphatic heterocycles. The highest BCUT2D eigenvalue weighted by atomic mass is 16.2. The van der Waals surface area contributed by atoms with Gasteiger partial charge in [0.25, 0.3) is 11.8 Å². The molecule has 4 aliphatic rings. The summed E-state index contributed by atoms with van der Waals surface area (Å²) in [6, 6.07) is 0. The Morgan fingerprint density at radius 1 is 0.944 bits per heavy atom. The summed E-state index contributed by atoms with van der Waals surface area (Å²) in [7, 11) is 0. The van der Waals surface area contributed by atoms with E-state index in [2.05, 4.69) is 22.3 Å². The molecule has 6 nitrogen and oxygen atoms in total. The molecule has 4 unspecified atom stereocenters. The molecule has 6 heteroatoms. The van der Waals surface area contributed by atoms with Crippen LogP contribution in [0.1, 0.15) is 12.8 Å². The number of imide groups is 1. The van der Waals surface area contributed by atoms with E-state index in [0.29, 0.717) is 0 Å². The Labute approximate surface area is 103 Å². The number of allylic oxidation sites excluding steroid dienone is 2. The molecule has 92 valence electrons. The second kappa shape index (κ2) is 3.28. The molecule has 1 aromatic rings. The van der Waals surface area contributed by atoms with Gasteiger partial charge in [-0.25, -0.2) is 4.68 Å². The lowest BCUT2D eigenvalue weighted by Gasteiger charge is -2.37. The second-order valence-corrected chi connectivity index (χ2v) is 5.17. The predicted molar refractivity (Wildman–Crippen MR) is 60.6 cm³/mol. The fourth-order valence-corrected chi connectivity index (χ4v) is 3.58. The summed E-state index contributed by atoms with van der Waals surface area (Å²) in [6.07, 6.45) is 9.02. The summed E-state index contributed by atoms with van der Waals surface area (Å²) >= 11 is 0. The minimum atomic E-state index is -0.177. The number of carbonyl (C=O) groups is 2. The minimum Gasteiger partial charge on any atom is -0.272 e. The van der Waals surface area contributed by atoms with Crippen LogP contribution in [0.25, 0.3) is 0 Å². The molecule has 4 atom stereocenters. The van der Waals surface area contributed by atoms with Gasteiger partial charge in [0.05, 0.1) is 11.8 Å². The van der Waals surface area contributed by atoms with E-state index in [-0.39, 0.29) is 35.5 Å². The lowest BCUT2D eigenvalue weighted by atomic mass is 9.63. The van der Waals surface area contributed by atoms with Crippen LogP contribution in [-0.2, 0) is 9.59 Å². The minimum absolute atomic E-state index is 0.108. The van der Waals surface area contributed by atoms with Gasteiger partial charge < -0.3 is 0 Å². The summed E-state index contributed by atoms with van der Waals surface area (Å²) in [5, 5.41) is 8.52. The highest BCUT2D eigenvalue weighted by molar-refractivity contribution is 6.17. The van der Waals surface area contributed by atoms with Crippen molar-refractivity contribution in [3.63, 3.8) is 0 Å². The van der Waals surface area contributed by atoms with E-state index in [4.69, 9.17) is 0 Å². The number of hydrogen-bond acceptors (Lipinski definition) is 4. The average molecular weight is 244 g/mol. The zero-order valence-electron chi connectivity index (χ0n) is 9.64. The largest absolute Gasteiger partial charge is 0.272 e. The number of amides is 2. The van der Waals surface area contributed by atoms with Crippen molar-refractivity contribution in [3.05, 3.63) is 24.8 Å². The van der Waals surface area contributed by atoms with Crippen molar-refractivity contribution in [2.45, 2.75) is 12.8 Å². The molecular formula is C12H12N4O2. The lowest BCUT2D eigenvalue weighted by molar-refractivity contribution is -0.125. The average Bonchev–Trinajstić information content (AvgIpc) is 3.00. The van der Waals surface area contributed by atoms with Crippen LogP contribution in [0.4, 0.5) is 0 Å². The number of nitrogens with zero attached hydrogens (tertiary/aromatic N) is 4. The summed E-state index contributed by atoms with van der Waals surface area (Å²) in [4.78, 5) is 24.9. The first-order chi connectivity index (χ1) is 8.77. The maximum Gasteiger partial charge on any atom is 0.253 e. The predicted octanol–water partition coefficient (Wildman–Crippen LogP) is 0.111. The Kier molecular flexibility index (Phi) is 1.82. The number of hydrogen-bond donors (Lipinski definition) is 0. The topological polar surface area (TPSA) is 68.1 Å². The van der Waals surface area contributed by atoms with E-state index in [1.54, 1.807) is 0 Å². The van der Waals surface area contributed by atoms with E-state index in [9.17, 15) is 9.59 Å². The van der Waals surface area contributed by atoms with Crippen LogP contribution < -0.4 is 5.01 Å². The van der Waals surface area contributed by atoms with Gasteiger partial charge >= 0.3 is 0 Å². The van der Waals surface area contributed by atoms with Crippen molar-refractivity contribution in [2.75, 3.05) is 5.01 Å². The maximum atomic E-state index is 12.4. The van der Waals surface area contributed by atoms with Gasteiger partial charge in [-0.05, 0) is 24.7 Å². The molecule has 2 bridgehead atoms. The van der Waals surface area contributed by atoms with E-state index in [1.165, 1.54) is 22.3 Å². The Morgan fingerprint density at radius 3 is 1.89 bits per heavy atom. The van der Waals surface area contributed by atoms with Gasteiger partial charge in [0, 0.05) is 0 Å². The molecule has 3 aliphatic carbocycles. The molecule has 0 spiro atoms. The smallest absolute Gasteiger partial charge is 0.253 e. The van der Waals surface area contributed by atoms with Crippen LogP contribution in [0.2, 0.25) is 0 Å². The van der Waals surface area contributed by atoms with Crippen molar-refractivity contribution < 1.29 is 9.59 Å². The molecule has 18 heavy (non-hydrogen) atoms. The van der Waals surface area contributed by atoms with Crippen molar-refractivity contribution in [1.29, 1.82) is 0 Å². The Hall–Kier alpha value is -1.98. The molecule has 2 heterocycles. The lowest BCUT2D eigenvalue weighted by Crippen LogP contribution is -2.40. The van der Waals surface area contributed by atoms with Crippen LogP contribution in [0.15, 0.2) is 24.8 Å². The molecule has 1 aromatic heterocycles. The van der Waals surface area contributed by atoms with Gasteiger partial charge in [0.15, 0.2) is 0 Å². The third-order valence-corrected chi connectivity index (χ3v) is 4.37. The van der Waals surface area contributed by atoms with Gasteiger partial charge in [-0.15, -0.1) is 10.2 Å². The van der Waals surface area contributed by atoms with Crippen LogP contribution >= 0.6 is 0 Å². The van der Waals surface area contributed by atoms with Crippen molar-refractivity contribution in [1.82, 2.24) is 14.9 Å². The van der Waals surface area contributed by atoms with Gasteiger partial charge in [0.1, 0.15) is 12.7 Å². The molecule has 0 aromatic carbocycles. The summed E-state index contributed by atoms with van der Waals surface area (Å²) in [5.74, 6) is -0.129. The van der Waals surface area contributed by atoms with Gasteiger partial charge in [-0.3, -0.25) is 9.59 Å². The molecular weight excluding hydrogens is 232 g/mol. The second-order valence-electron chi connectivity index (χ2n) is 5.17. The Balaban J connectivity index is 1.79. The van der Waals surface area contributed by atoms with Crippen LogP contribution in [-0.4, -0.2) is 26.7 Å². The fourth-order valence-electron chi connectivity index (χ4n) is 3.58. The standard InChI is InChI=1S/C12H12N4O2/c17-11-9-7-1-2-8(4-3-7)10(9)12(18)16(11)15-5-13-14-6-15/h1-2,5-10H,3-4H2. The molecule has 1 saturated heterocycles. The van der Waals surface area contributed by atoms with Gasteiger partial charge in [0.2, 0.25) is 0 Å². The molecule has 0 radical (unpaired) electrons. The first-order valence-corrected chi connectivity index (χ1v) is 6.18. The monoisotopic (exact) mass is 244 g/mol. The number of carbonyl (C=O) groups excluding carboxylic acids is 2. The molecule has 0 N–H and O–H groups in total. The molecule has 5 rings (SSSR count). The SMILES string of the molecule is O=C1C2C3C=CC(CC3)C2C(=O)N1n1cnnc1. The zero-order valence-corrected chi connectivity index (χ0v) is 9.64. The van der Waals surface area contributed by atoms with E-state index < -0.39 is 0 Å². The third-order valence-electron chi connectivity index (χ3n) is 4.37. The maximum absolute atomic E-state index is 12.4.